The predicted molar refractivity (Wildman–Crippen MR) is 137 cm³/mol. The van der Waals surface area contributed by atoms with Gasteiger partial charge >= 0.3 is 0 Å². The second-order valence-electron chi connectivity index (χ2n) is 8.95. The van der Waals surface area contributed by atoms with Crippen LogP contribution in [0.3, 0.4) is 0 Å². The molecule has 3 atom stereocenters. The lowest BCUT2D eigenvalue weighted by Gasteiger charge is -2.38. The molecule has 0 aliphatic heterocycles. The maximum atomic E-state index is 11.6. The summed E-state index contributed by atoms with van der Waals surface area (Å²) in [4.78, 5) is 25.3. The van der Waals surface area contributed by atoms with Gasteiger partial charge in [0.1, 0.15) is 5.82 Å². The number of nitrogens with one attached hydrogen (secondary N) is 1. The smallest absolute Gasteiger partial charge is 0.262 e. The second-order valence-corrected chi connectivity index (χ2v) is 10.4. The summed E-state index contributed by atoms with van der Waals surface area (Å²) in [7, 11) is 1.81. The van der Waals surface area contributed by atoms with Crippen LogP contribution < -0.4 is 5.73 Å². The molecule has 3 aromatic rings. The molecule has 0 bridgehead atoms. The predicted octanol–water partition coefficient (Wildman–Crippen LogP) is 5.62. The summed E-state index contributed by atoms with van der Waals surface area (Å²) < 4.78 is 0. The number of fused-ring (bicyclic) bond motifs is 2. The monoisotopic (exact) mass is 478 g/mol. The quantitative estimate of drug-likeness (QED) is 0.368. The molecule has 3 unspecified atom stereocenters. The fourth-order valence-corrected chi connectivity index (χ4v) is 6.87. The molecule has 170 valence electrons. The maximum absolute atomic E-state index is 11.6. The third-order valence-corrected chi connectivity index (χ3v) is 8.82. The van der Waals surface area contributed by atoms with Crippen LogP contribution in [0.4, 0.5) is 5.82 Å². The SMILES string of the molecule is C=Nc1[nH]ccc1C(=NC)c1ccc2c(c1)CCC(C1CCc3sc(C(=O)Cl)cc3C1)C2N. The fraction of sp³-hybridized carbons (Fsp3) is 0.346. The van der Waals surface area contributed by atoms with E-state index in [-0.39, 0.29) is 11.3 Å². The van der Waals surface area contributed by atoms with E-state index in [0.29, 0.717) is 16.7 Å². The molecule has 2 aliphatic carbocycles. The van der Waals surface area contributed by atoms with E-state index in [1.165, 1.54) is 21.6 Å². The van der Waals surface area contributed by atoms with Crippen LogP contribution >= 0.6 is 22.9 Å². The fourth-order valence-electron chi connectivity index (χ4n) is 5.66. The summed E-state index contributed by atoms with van der Waals surface area (Å²) in [5, 5.41) is -0.351. The number of hydrogen-bond donors (Lipinski definition) is 2. The summed E-state index contributed by atoms with van der Waals surface area (Å²) >= 11 is 7.27. The van der Waals surface area contributed by atoms with Gasteiger partial charge < -0.3 is 10.7 Å². The van der Waals surface area contributed by atoms with E-state index in [2.05, 4.69) is 39.9 Å². The number of nitrogens with two attached hydrogens (primary N) is 1. The van der Waals surface area contributed by atoms with Crippen LogP contribution in [0.2, 0.25) is 0 Å². The molecule has 2 aliphatic rings. The van der Waals surface area contributed by atoms with Gasteiger partial charge in [-0.15, -0.1) is 11.3 Å². The molecule has 7 heteroatoms. The molecule has 5 rings (SSSR count). The zero-order valence-electron chi connectivity index (χ0n) is 18.6. The van der Waals surface area contributed by atoms with Crippen LogP contribution in [0.1, 0.15) is 61.2 Å². The Bertz CT molecular complexity index is 1260. The molecule has 0 saturated carbocycles. The topological polar surface area (TPSA) is 83.6 Å². The molecule has 33 heavy (non-hydrogen) atoms. The molecule has 5 nitrogen and oxygen atoms in total. The van der Waals surface area contributed by atoms with Gasteiger partial charge in [0.2, 0.25) is 0 Å². The Labute approximate surface area is 202 Å². The van der Waals surface area contributed by atoms with Crippen molar-refractivity contribution in [2.24, 2.45) is 27.6 Å². The summed E-state index contributed by atoms with van der Waals surface area (Å²) in [6.07, 6.45) is 7.06. The lowest BCUT2D eigenvalue weighted by Crippen LogP contribution is -2.35. The van der Waals surface area contributed by atoms with Crippen molar-refractivity contribution in [2.45, 2.75) is 38.1 Å². The van der Waals surface area contributed by atoms with Gasteiger partial charge in [-0.1, -0.05) is 12.1 Å². The van der Waals surface area contributed by atoms with Crippen LogP contribution in [0, 0.1) is 11.8 Å². The lowest BCUT2D eigenvalue weighted by atomic mass is 9.69. The number of hydrogen-bond acceptors (Lipinski definition) is 5. The van der Waals surface area contributed by atoms with E-state index in [9.17, 15) is 4.79 Å². The van der Waals surface area contributed by atoms with E-state index < -0.39 is 0 Å². The second kappa shape index (κ2) is 9.01. The summed E-state index contributed by atoms with van der Waals surface area (Å²) in [6, 6.07) is 10.5. The molecular formula is C26H27ClN4OS. The Morgan fingerprint density at radius 1 is 1.21 bits per heavy atom. The highest BCUT2D eigenvalue weighted by Gasteiger charge is 2.35. The first-order valence-electron chi connectivity index (χ1n) is 11.3. The number of carbonyl (C=O) groups excluding carboxylic acids is 1. The van der Waals surface area contributed by atoms with Crippen molar-refractivity contribution in [2.75, 3.05) is 7.05 Å². The lowest BCUT2D eigenvalue weighted by molar-refractivity contribution is 0.108. The van der Waals surface area contributed by atoms with Gasteiger partial charge in [0, 0.05) is 35.3 Å². The van der Waals surface area contributed by atoms with Gasteiger partial charge in [-0.3, -0.25) is 9.79 Å². The first-order chi connectivity index (χ1) is 16.0. The van der Waals surface area contributed by atoms with Crippen molar-refractivity contribution in [1.82, 2.24) is 4.98 Å². The van der Waals surface area contributed by atoms with E-state index in [4.69, 9.17) is 17.3 Å². The van der Waals surface area contributed by atoms with E-state index in [1.54, 1.807) is 18.4 Å². The number of halogens is 1. The number of aliphatic imine (C=N–C) groups is 2. The van der Waals surface area contributed by atoms with Crippen LogP contribution in [0.25, 0.3) is 0 Å². The average Bonchev–Trinajstić information content (AvgIpc) is 3.46. The van der Waals surface area contributed by atoms with Crippen LogP contribution in [0.5, 0.6) is 0 Å². The van der Waals surface area contributed by atoms with Crippen molar-refractivity contribution < 1.29 is 4.79 Å². The zero-order chi connectivity index (χ0) is 23.1. The average molecular weight is 479 g/mol. The standard InChI is InChI=1S/C26H27ClN4OS/c1-29-24(20-9-10-31-26(20)30-2)16-4-7-19-14(11-16)3-6-18(23(19)28)15-5-8-21-17(12-15)13-22(33-21)25(27)32/h4,7,9-11,13,15,18,23,31H,2-3,5-6,8,12,28H2,1H3. The molecule has 3 N–H and O–H groups in total. The molecule has 0 radical (unpaired) electrons. The van der Waals surface area contributed by atoms with Gasteiger partial charge in [-0.05, 0) is 97.1 Å². The minimum atomic E-state index is -0.351. The van der Waals surface area contributed by atoms with Crippen LogP contribution in [-0.2, 0) is 19.3 Å². The minimum Gasteiger partial charge on any atom is -0.346 e. The number of nitrogens with zero attached hydrogens (tertiary/aromatic N) is 2. The van der Waals surface area contributed by atoms with Gasteiger partial charge in [0.05, 0.1) is 10.6 Å². The molecule has 0 saturated heterocycles. The molecule has 0 spiro atoms. The number of H-pyrrole nitrogens is 1. The molecular weight excluding hydrogens is 452 g/mol. The van der Waals surface area contributed by atoms with Gasteiger partial charge in [0.25, 0.3) is 5.24 Å². The number of carbonyl (C=O) groups is 1. The summed E-state index contributed by atoms with van der Waals surface area (Å²) in [6.45, 7) is 3.66. The van der Waals surface area contributed by atoms with Crippen molar-refractivity contribution in [3.8, 4) is 0 Å². The Kier molecular flexibility index (Phi) is 6.08. The molecule has 0 amide bonds. The number of thiophene rings is 1. The Morgan fingerprint density at radius 2 is 2.06 bits per heavy atom. The zero-order valence-corrected chi connectivity index (χ0v) is 20.2. The highest BCUT2D eigenvalue weighted by atomic mass is 35.5. The van der Waals surface area contributed by atoms with Crippen molar-refractivity contribution >= 4 is 46.4 Å². The Morgan fingerprint density at radius 3 is 2.82 bits per heavy atom. The first kappa shape index (κ1) is 22.3. The van der Waals surface area contributed by atoms with E-state index >= 15 is 0 Å². The number of benzene rings is 1. The maximum Gasteiger partial charge on any atom is 0.262 e. The van der Waals surface area contributed by atoms with E-state index in [0.717, 1.165) is 54.8 Å². The molecule has 2 aromatic heterocycles. The first-order valence-corrected chi connectivity index (χ1v) is 12.5. The highest BCUT2D eigenvalue weighted by Crippen LogP contribution is 2.44. The minimum absolute atomic E-state index is 0.0155. The number of rotatable bonds is 5. The van der Waals surface area contributed by atoms with Crippen LogP contribution in [0.15, 0.2) is 46.5 Å². The normalized spacial score (nSPS) is 22.5. The Balaban J connectivity index is 1.38. The molecule has 2 heterocycles. The van der Waals surface area contributed by atoms with Gasteiger partial charge in [-0.2, -0.15) is 0 Å². The Hall–Kier alpha value is -2.54. The van der Waals surface area contributed by atoms with Crippen molar-refractivity contribution in [3.05, 3.63) is 74.1 Å². The number of aryl methyl sites for hydroxylation is 2. The van der Waals surface area contributed by atoms with Gasteiger partial charge in [-0.25, -0.2) is 4.99 Å². The number of aromatic nitrogens is 1. The number of aromatic amines is 1. The molecule has 1 aromatic carbocycles. The summed E-state index contributed by atoms with van der Waals surface area (Å²) in [5.41, 5.74) is 13.6. The largest absolute Gasteiger partial charge is 0.346 e. The highest BCUT2D eigenvalue weighted by molar-refractivity contribution is 7.16. The third-order valence-electron chi connectivity index (χ3n) is 7.27. The third kappa shape index (κ3) is 4.01. The van der Waals surface area contributed by atoms with Crippen LogP contribution in [-0.4, -0.2) is 29.7 Å². The van der Waals surface area contributed by atoms with Crippen molar-refractivity contribution in [1.29, 1.82) is 0 Å². The van der Waals surface area contributed by atoms with Crippen molar-refractivity contribution in [3.63, 3.8) is 0 Å². The summed E-state index contributed by atoms with van der Waals surface area (Å²) in [5.74, 6) is 1.70. The molecule has 0 fully saturated rings. The van der Waals surface area contributed by atoms with Gasteiger partial charge in [0.15, 0.2) is 0 Å². The van der Waals surface area contributed by atoms with E-state index in [1.807, 2.05) is 18.3 Å².